The van der Waals surface area contributed by atoms with Crippen LogP contribution < -0.4 is 0 Å². The molecule has 0 spiro atoms. The van der Waals surface area contributed by atoms with Crippen molar-refractivity contribution in [3.8, 4) is 0 Å². The van der Waals surface area contributed by atoms with E-state index in [1.807, 2.05) is 6.92 Å². The Morgan fingerprint density at radius 2 is 1.91 bits per heavy atom. The van der Waals surface area contributed by atoms with Crippen molar-refractivity contribution < 1.29 is 4.79 Å². The molecule has 1 rings (SSSR count). The Kier molecular flexibility index (Phi) is 1.83. The zero-order valence-corrected chi connectivity index (χ0v) is 7.85. The van der Waals surface area contributed by atoms with Gasteiger partial charge in [-0.15, -0.1) is 0 Å². The van der Waals surface area contributed by atoms with Crippen LogP contribution in [0.1, 0.15) is 27.2 Å². The third-order valence-electron chi connectivity index (χ3n) is 3.58. The molecule has 0 N–H and O–H groups in total. The number of nitrogens with zero attached hydrogens (tertiary/aromatic N) is 1. The molecule has 1 aliphatic rings. The maximum atomic E-state index is 10.9. The highest BCUT2D eigenvalue weighted by molar-refractivity contribution is 5.62. The van der Waals surface area contributed by atoms with E-state index in [1.54, 1.807) is 0 Å². The van der Waals surface area contributed by atoms with Gasteiger partial charge in [-0.05, 0) is 33.9 Å². The van der Waals surface area contributed by atoms with Crippen LogP contribution in [0.15, 0.2) is 0 Å². The Hall–Kier alpha value is -0.370. The van der Waals surface area contributed by atoms with Crippen LogP contribution in [0.5, 0.6) is 0 Å². The maximum absolute atomic E-state index is 10.9. The summed E-state index contributed by atoms with van der Waals surface area (Å²) in [6, 6.07) is 0. The molecular formula is C9H17NO. The first kappa shape index (κ1) is 8.72. The molecule has 1 unspecified atom stereocenters. The van der Waals surface area contributed by atoms with Crippen LogP contribution in [-0.2, 0) is 4.79 Å². The van der Waals surface area contributed by atoms with Gasteiger partial charge in [0.25, 0.3) is 0 Å². The second-order valence-electron chi connectivity index (χ2n) is 4.27. The number of carbonyl (C=O) groups excluding carboxylic acids is 1. The van der Waals surface area contributed by atoms with Crippen molar-refractivity contribution in [2.45, 2.75) is 32.7 Å². The second-order valence-corrected chi connectivity index (χ2v) is 4.27. The third kappa shape index (κ3) is 1.00. The van der Waals surface area contributed by atoms with Gasteiger partial charge >= 0.3 is 0 Å². The highest BCUT2D eigenvalue weighted by atomic mass is 16.1. The molecule has 1 atom stereocenters. The quantitative estimate of drug-likeness (QED) is 0.532. The summed E-state index contributed by atoms with van der Waals surface area (Å²) in [6.45, 7) is 7.34. The Morgan fingerprint density at radius 1 is 1.36 bits per heavy atom. The minimum atomic E-state index is -0.151. The molecule has 2 heteroatoms. The van der Waals surface area contributed by atoms with Crippen molar-refractivity contribution in [2.24, 2.45) is 5.41 Å². The largest absolute Gasteiger partial charge is 0.303 e. The van der Waals surface area contributed by atoms with E-state index < -0.39 is 0 Å². The van der Waals surface area contributed by atoms with Gasteiger partial charge in [0.05, 0.1) is 0 Å². The molecule has 11 heavy (non-hydrogen) atoms. The van der Waals surface area contributed by atoms with Crippen LogP contribution in [0.25, 0.3) is 0 Å². The topological polar surface area (TPSA) is 20.3 Å². The minimum Gasteiger partial charge on any atom is -0.303 e. The molecular weight excluding hydrogens is 138 g/mol. The molecule has 0 radical (unpaired) electrons. The Labute approximate surface area is 68.6 Å². The molecule has 0 aliphatic carbocycles. The number of aldehydes is 1. The Bertz CT molecular complexity index is 176. The van der Waals surface area contributed by atoms with Crippen LogP contribution in [-0.4, -0.2) is 30.3 Å². The average molecular weight is 155 g/mol. The fourth-order valence-electron chi connectivity index (χ4n) is 1.62. The first-order valence-corrected chi connectivity index (χ1v) is 4.11. The molecule has 0 aromatic heterocycles. The third-order valence-corrected chi connectivity index (χ3v) is 3.58. The molecule has 1 heterocycles. The molecule has 0 bridgehead atoms. The van der Waals surface area contributed by atoms with Gasteiger partial charge in [0, 0.05) is 11.0 Å². The Balaban J connectivity index is 2.94. The first-order chi connectivity index (χ1) is 4.94. The lowest BCUT2D eigenvalue weighted by molar-refractivity contribution is -0.118. The van der Waals surface area contributed by atoms with Gasteiger partial charge in [0.2, 0.25) is 0 Å². The summed E-state index contributed by atoms with van der Waals surface area (Å²) in [7, 11) is 2.08. The van der Waals surface area contributed by atoms with E-state index in [1.165, 1.54) is 0 Å². The average Bonchev–Trinajstić information content (AvgIpc) is 2.15. The van der Waals surface area contributed by atoms with Gasteiger partial charge in [-0.1, -0.05) is 6.92 Å². The Morgan fingerprint density at radius 3 is 2.09 bits per heavy atom. The highest BCUT2D eigenvalue weighted by Gasteiger charge is 2.48. The lowest BCUT2D eigenvalue weighted by Gasteiger charge is -2.37. The van der Waals surface area contributed by atoms with Gasteiger partial charge in [0.1, 0.15) is 6.29 Å². The molecule has 0 aromatic carbocycles. The van der Waals surface area contributed by atoms with Gasteiger partial charge in [-0.2, -0.15) is 0 Å². The van der Waals surface area contributed by atoms with E-state index in [0.717, 1.165) is 19.3 Å². The fraction of sp³-hybridized carbons (Fsp3) is 0.889. The summed E-state index contributed by atoms with van der Waals surface area (Å²) in [6.07, 6.45) is 2.09. The van der Waals surface area contributed by atoms with Crippen molar-refractivity contribution in [3.05, 3.63) is 0 Å². The zero-order valence-electron chi connectivity index (χ0n) is 7.85. The molecule has 1 saturated heterocycles. The minimum absolute atomic E-state index is 0.0226. The number of rotatable bonds is 1. The van der Waals surface area contributed by atoms with E-state index in [2.05, 4.69) is 25.8 Å². The number of hydrogen-bond donors (Lipinski definition) is 0. The van der Waals surface area contributed by atoms with Gasteiger partial charge in [-0.3, -0.25) is 0 Å². The van der Waals surface area contributed by atoms with Crippen molar-refractivity contribution in [2.75, 3.05) is 13.6 Å². The van der Waals surface area contributed by atoms with Crippen LogP contribution in [0.4, 0.5) is 0 Å². The van der Waals surface area contributed by atoms with Crippen molar-refractivity contribution in [3.63, 3.8) is 0 Å². The lowest BCUT2D eigenvalue weighted by Crippen LogP contribution is -2.46. The summed E-state index contributed by atoms with van der Waals surface area (Å²) in [5.41, 5.74) is -0.128. The number of likely N-dealkylation sites (tertiary alicyclic amines) is 1. The molecule has 1 fully saturated rings. The number of hydrogen-bond acceptors (Lipinski definition) is 2. The van der Waals surface area contributed by atoms with E-state index in [-0.39, 0.29) is 11.0 Å². The van der Waals surface area contributed by atoms with Crippen LogP contribution in [0, 0.1) is 5.41 Å². The van der Waals surface area contributed by atoms with E-state index in [0.29, 0.717) is 0 Å². The summed E-state index contributed by atoms with van der Waals surface area (Å²) in [5, 5.41) is 0. The van der Waals surface area contributed by atoms with Crippen molar-refractivity contribution >= 4 is 6.29 Å². The smallest absolute Gasteiger partial charge is 0.127 e. The van der Waals surface area contributed by atoms with Crippen LogP contribution >= 0.6 is 0 Å². The normalized spacial score (nSPS) is 37.5. The SMILES string of the molecule is CN1CCC(C)(C=O)C1(C)C. The zero-order chi connectivity index (χ0) is 8.70. The molecule has 64 valence electrons. The second kappa shape index (κ2) is 2.31. The van der Waals surface area contributed by atoms with E-state index in [9.17, 15) is 4.79 Å². The maximum Gasteiger partial charge on any atom is 0.127 e. The fourth-order valence-corrected chi connectivity index (χ4v) is 1.62. The standard InChI is InChI=1S/C9H17NO/c1-8(2)9(3,7-11)5-6-10(8)4/h7H,5-6H2,1-4H3. The molecule has 0 amide bonds. The monoisotopic (exact) mass is 155 g/mol. The van der Waals surface area contributed by atoms with Gasteiger partial charge in [0.15, 0.2) is 0 Å². The summed E-state index contributed by atoms with van der Waals surface area (Å²) in [5.74, 6) is 0. The number of carbonyl (C=O) groups is 1. The summed E-state index contributed by atoms with van der Waals surface area (Å²) in [4.78, 5) is 13.1. The summed E-state index contributed by atoms with van der Waals surface area (Å²) < 4.78 is 0. The first-order valence-electron chi connectivity index (χ1n) is 4.11. The predicted molar refractivity (Wildman–Crippen MR) is 45.5 cm³/mol. The van der Waals surface area contributed by atoms with Gasteiger partial charge < -0.3 is 9.69 Å². The van der Waals surface area contributed by atoms with Crippen molar-refractivity contribution in [1.29, 1.82) is 0 Å². The highest BCUT2D eigenvalue weighted by Crippen LogP contribution is 2.42. The predicted octanol–water partition coefficient (Wildman–Crippen LogP) is 1.31. The van der Waals surface area contributed by atoms with Crippen LogP contribution in [0.2, 0.25) is 0 Å². The summed E-state index contributed by atoms with van der Waals surface area (Å²) >= 11 is 0. The van der Waals surface area contributed by atoms with E-state index >= 15 is 0 Å². The molecule has 2 nitrogen and oxygen atoms in total. The molecule has 0 aromatic rings. The van der Waals surface area contributed by atoms with Crippen molar-refractivity contribution in [1.82, 2.24) is 4.90 Å². The van der Waals surface area contributed by atoms with Gasteiger partial charge in [-0.25, -0.2) is 0 Å². The molecule has 0 saturated carbocycles. The molecule has 1 aliphatic heterocycles. The van der Waals surface area contributed by atoms with E-state index in [4.69, 9.17) is 0 Å². The lowest BCUT2D eigenvalue weighted by atomic mass is 9.75. The van der Waals surface area contributed by atoms with Crippen LogP contribution in [0.3, 0.4) is 0 Å².